The van der Waals surface area contributed by atoms with Crippen molar-refractivity contribution in [3.63, 3.8) is 0 Å². The molecule has 5 heteroatoms. The van der Waals surface area contributed by atoms with E-state index < -0.39 is 7.32 Å². The quantitative estimate of drug-likeness (QED) is 0.497. The maximum absolute atomic E-state index is 7.17. The Morgan fingerprint density at radius 1 is 0.739 bits per heavy atom. The topological polar surface area (TPSA) is 73.6 Å². The van der Waals surface area contributed by atoms with Crippen molar-refractivity contribution in [2.75, 3.05) is 0 Å². The van der Waals surface area contributed by atoms with Crippen LogP contribution in [0.5, 0.6) is 0 Å². The van der Waals surface area contributed by atoms with E-state index in [1.807, 2.05) is 30.5 Å². The Kier molecular flexibility index (Phi) is 6.50. The molecule has 4 nitrogen and oxygen atoms in total. The minimum absolute atomic E-state index is 0.918. The van der Waals surface area contributed by atoms with Crippen LogP contribution in [-0.4, -0.2) is 27.4 Å². The second kappa shape index (κ2) is 8.85. The van der Waals surface area contributed by atoms with Crippen molar-refractivity contribution in [3.8, 4) is 11.1 Å². The van der Waals surface area contributed by atoms with Crippen LogP contribution in [-0.2, 0) is 6.42 Å². The number of rotatable bonds is 2. The van der Waals surface area contributed by atoms with Gasteiger partial charge in [0.2, 0.25) is 0 Å². The standard InChI is InChI=1S/C12H11N.C6H4.BH3O3/c1-2-6-11(7-3-1)10-12-8-4-5-9-13-12;1-2-5-4-6(5)3-1;2-1(3)4/h1-9H,10H2;1-4H;2-4H. The normalized spacial score (nSPS) is 9.70. The van der Waals surface area contributed by atoms with Crippen LogP contribution in [0.25, 0.3) is 11.1 Å². The molecule has 0 spiro atoms. The van der Waals surface area contributed by atoms with Crippen LogP contribution in [0.4, 0.5) is 0 Å². The van der Waals surface area contributed by atoms with Crippen LogP contribution in [0, 0.1) is 0 Å². The van der Waals surface area contributed by atoms with Crippen molar-refractivity contribution in [1.29, 1.82) is 0 Å². The van der Waals surface area contributed by atoms with Crippen molar-refractivity contribution in [3.05, 3.63) is 90.3 Å². The van der Waals surface area contributed by atoms with E-state index in [9.17, 15) is 0 Å². The number of fused-ring (bicyclic) bond motifs is 1. The third-order valence-corrected chi connectivity index (χ3v) is 3.07. The van der Waals surface area contributed by atoms with E-state index in [1.54, 1.807) is 0 Å². The molecule has 0 bridgehead atoms. The predicted molar refractivity (Wildman–Crippen MR) is 91.3 cm³/mol. The van der Waals surface area contributed by atoms with Gasteiger partial charge in [-0.3, -0.25) is 4.98 Å². The van der Waals surface area contributed by atoms with Gasteiger partial charge in [-0.15, -0.1) is 0 Å². The van der Waals surface area contributed by atoms with Crippen LogP contribution in [0.1, 0.15) is 11.3 Å². The molecule has 2 aliphatic carbocycles. The number of pyridine rings is 1. The minimum Gasteiger partial charge on any atom is -0.402 e. The second-order valence-electron chi connectivity index (χ2n) is 4.91. The number of aromatic nitrogens is 1. The van der Waals surface area contributed by atoms with Crippen molar-refractivity contribution < 1.29 is 15.1 Å². The first-order chi connectivity index (χ1) is 11.1. The van der Waals surface area contributed by atoms with Gasteiger partial charge in [0.05, 0.1) is 0 Å². The van der Waals surface area contributed by atoms with Gasteiger partial charge in [-0.1, -0.05) is 54.6 Å². The van der Waals surface area contributed by atoms with Crippen LogP contribution in [0.2, 0.25) is 0 Å². The van der Waals surface area contributed by atoms with Gasteiger partial charge >= 0.3 is 7.32 Å². The van der Waals surface area contributed by atoms with Gasteiger partial charge in [-0.2, -0.15) is 0 Å². The van der Waals surface area contributed by atoms with Gasteiger partial charge < -0.3 is 15.1 Å². The Labute approximate surface area is 135 Å². The molecule has 2 aliphatic rings. The Hall–Kier alpha value is -2.47. The number of hydrogen-bond donors (Lipinski definition) is 3. The molecule has 0 atom stereocenters. The molecule has 1 aromatic heterocycles. The summed E-state index contributed by atoms with van der Waals surface area (Å²) >= 11 is 0. The van der Waals surface area contributed by atoms with E-state index in [0.29, 0.717) is 0 Å². The highest BCUT2D eigenvalue weighted by Crippen LogP contribution is 2.32. The molecule has 0 radical (unpaired) electrons. The molecule has 2 aromatic rings. The molecule has 23 heavy (non-hydrogen) atoms. The molecule has 0 unspecified atom stereocenters. The third-order valence-electron chi connectivity index (χ3n) is 3.07. The van der Waals surface area contributed by atoms with Gasteiger partial charge in [0, 0.05) is 18.3 Å². The Morgan fingerprint density at radius 3 is 1.78 bits per heavy atom. The molecule has 116 valence electrons. The van der Waals surface area contributed by atoms with Crippen molar-refractivity contribution in [2.45, 2.75) is 6.42 Å². The Bertz CT molecular complexity index is 648. The lowest BCUT2D eigenvalue weighted by Crippen LogP contribution is -2.07. The van der Waals surface area contributed by atoms with Crippen LogP contribution in [0.15, 0.2) is 79.0 Å². The lowest BCUT2D eigenvalue weighted by atomic mass is 10.1. The minimum atomic E-state index is -2.17. The summed E-state index contributed by atoms with van der Waals surface area (Å²) in [5.74, 6) is 0. The Morgan fingerprint density at radius 2 is 1.35 bits per heavy atom. The molecule has 0 amide bonds. The first kappa shape index (κ1) is 16.9. The number of benzene rings is 2. The fraction of sp³-hybridized carbons (Fsp3) is 0.0556. The van der Waals surface area contributed by atoms with Gasteiger partial charge in [0.1, 0.15) is 0 Å². The smallest absolute Gasteiger partial charge is 0.402 e. The second-order valence-corrected chi connectivity index (χ2v) is 4.91. The van der Waals surface area contributed by atoms with Gasteiger partial charge in [0.15, 0.2) is 0 Å². The summed E-state index contributed by atoms with van der Waals surface area (Å²) < 4.78 is 0. The molecule has 3 N–H and O–H groups in total. The lowest BCUT2D eigenvalue weighted by molar-refractivity contribution is 0.278. The van der Waals surface area contributed by atoms with Crippen LogP contribution < -0.4 is 0 Å². The van der Waals surface area contributed by atoms with Crippen LogP contribution in [0.3, 0.4) is 0 Å². The molecular weight excluding hydrogens is 289 g/mol. The SMILES string of the molecule is OB(O)O.c1cc2cc-2c1.c1ccc(Cc2ccccn2)cc1. The van der Waals surface area contributed by atoms with E-state index in [0.717, 1.165) is 12.1 Å². The van der Waals surface area contributed by atoms with Crippen molar-refractivity contribution >= 4 is 7.32 Å². The summed E-state index contributed by atoms with van der Waals surface area (Å²) in [6.07, 6.45) is 2.75. The zero-order valence-corrected chi connectivity index (χ0v) is 12.6. The molecule has 0 aliphatic heterocycles. The zero-order valence-electron chi connectivity index (χ0n) is 12.6. The largest absolute Gasteiger partial charge is 0.631 e. The fourth-order valence-electron chi connectivity index (χ4n) is 1.98. The van der Waals surface area contributed by atoms with E-state index in [-0.39, 0.29) is 0 Å². The molecular formula is C18H18BNO3. The monoisotopic (exact) mass is 307 g/mol. The number of hydrogen-bond acceptors (Lipinski definition) is 4. The summed E-state index contributed by atoms with van der Waals surface area (Å²) in [6, 6.07) is 24.9. The zero-order chi connectivity index (χ0) is 16.5. The van der Waals surface area contributed by atoms with E-state index in [1.165, 1.54) is 16.7 Å². The maximum Gasteiger partial charge on any atom is 0.631 e. The highest BCUT2D eigenvalue weighted by molar-refractivity contribution is 6.30. The summed E-state index contributed by atoms with van der Waals surface area (Å²) in [5, 5.41) is 21.5. The van der Waals surface area contributed by atoms with E-state index in [4.69, 9.17) is 15.1 Å². The van der Waals surface area contributed by atoms with Crippen LogP contribution >= 0.6 is 0 Å². The lowest BCUT2D eigenvalue weighted by Gasteiger charge is -1.99. The molecule has 4 rings (SSSR count). The highest BCUT2D eigenvalue weighted by Gasteiger charge is 2.06. The summed E-state index contributed by atoms with van der Waals surface area (Å²) in [7, 11) is -2.17. The molecule has 0 fully saturated rings. The first-order valence-corrected chi connectivity index (χ1v) is 7.23. The van der Waals surface area contributed by atoms with E-state index in [2.05, 4.69) is 53.5 Å². The predicted octanol–water partition coefficient (Wildman–Crippen LogP) is 2.29. The third kappa shape index (κ3) is 6.89. The van der Waals surface area contributed by atoms with Gasteiger partial charge in [0.25, 0.3) is 0 Å². The molecule has 0 saturated carbocycles. The highest BCUT2D eigenvalue weighted by atomic mass is 16.5. The average Bonchev–Trinajstić information content (AvgIpc) is 3.15. The van der Waals surface area contributed by atoms with Crippen molar-refractivity contribution in [2.24, 2.45) is 0 Å². The molecule has 1 aromatic carbocycles. The van der Waals surface area contributed by atoms with E-state index >= 15 is 0 Å². The van der Waals surface area contributed by atoms with Crippen molar-refractivity contribution in [1.82, 2.24) is 4.98 Å². The average molecular weight is 307 g/mol. The Balaban J connectivity index is 0.000000158. The first-order valence-electron chi connectivity index (χ1n) is 7.23. The number of nitrogens with zero attached hydrogens (tertiary/aromatic N) is 1. The summed E-state index contributed by atoms with van der Waals surface area (Å²) in [4.78, 5) is 4.27. The fourth-order valence-corrected chi connectivity index (χ4v) is 1.98. The summed E-state index contributed by atoms with van der Waals surface area (Å²) in [6.45, 7) is 0. The molecule has 0 saturated heterocycles. The van der Waals surface area contributed by atoms with Gasteiger partial charge in [-0.25, -0.2) is 0 Å². The maximum atomic E-state index is 7.17. The molecule has 1 heterocycles. The summed E-state index contributed by atoms with van der Waals surface area (Å²) in [5.41, 5.74) is 5.28. The van der Waals surface area contributed by atoms with Gasteiger partial charge in [-0.05, 0) is 34.9 Å².